The number of halogens is 1. The van der Waals surface area contributed by atoms with E-state index in [1.807, 2.05) is 6.92 Å². The first kappa shape index (κ1) is 17.5. The Kier molecular flexibility index (Phi) is 5.37. The van der Waals surface area contributed by atoms with Crippen LogP contribution in [0.4, 0.5) is 4.39 Å². The number of fused-ring (bicyclic) bond motifs is 1. The van der Waals surface area contributed by atoms with Crippen LogP contribution in [-0.2, 0) is 17.6 Å². The zero-order chi connectivity index (χ0) is 17.8. The molecule has 0 saturated heterocycles. The van der Waals surface area contributed by atoms with E-state index in [-0.39, 0.29) is 17.8 Å². The third-order valence-corrected chi connectivity index (χ3v) is 4.73. The van der Waals surface area contributed by atoms with Crippen molar-refractivity contribution in [3.8, 4) is 5.75 Å². The predicted molar refractivity (Wildman–Crippen MR) is 96.1 cm³/mol. The molecule has 0 aliphatic heterocycles. The summed E-state index contributed by atoms with van der Waals surface area (Å²) in [7, 11) is 0. The molecule has 0 heterocycles. The standard InChI is InChI=1S/C21H24FNO2/c1-14(17-8-7-16-5-3-4-6-18(16)13-17)23-21(24)15(2)25-20-11-9-19(22)10-12-20/h7-15H,3-6H2,1-2H3,(H,23,24)/t14-,15+/m0/s1. The molecular formula is C21H24FNO2. The Morgan fingerprint density at radius 1 is 1.04 bits per heavy atom. The van der Waals surface area contributed by atoms with Gasteiger partial charge in [0.25, 0.3) is 5.91 Å². The topological polar surface area (TPSA) is 38.3 Å². The Balaban J connectivity index is 1.60. The molecule has 132 valence electrons. The SMILES string of the molecule is C[C@H](NC(=O)[C@@H](C)Oc1ccc(F)cc1)c1ccc2c(c1)CCCC2. The molecule has 25 heavy (non-hydrogen) atoms. The van der Waals surface area contributed by atoms with Gasteiger partial charge in [-0.05, 0) is 80.5 Å². The van der Waals surface area contributed by atoms with Crippen LogP contribution in [0.5, 0.6) is 5.75 Å². The predicted octanol–water partition coefficient (Wildman–Crippen LogP) is 4.35. The second-order valence-corrected chi connectivity index (χ2v) is 6.68. The number of hydrogen-bond donors (Lipinski definition) is 1. The van der Waals surface area contributed by atoms with Crippen LogP contribution in [0, 0.1) is 5.82 Å². The highest BCUT2D eigenvalue weighted by Gasteiger charge is 2.19. The molecule has 1 aliphatic rings. The summed E-state index contributed by atoms with van der Waals surface area (Å²) in [6.07, 6.45) is 4.12. The number of rotatable bonds is 5. The van der Waals surface area contributed by atoms with Crippen molar-refractivity contribution in [1.29, 1.82) is 0 Å². The third kappa shape index (κ3) is 4.38. The Morgan fingerprint density at radius 2 is 1.72 bits per heavy atom. The van der Waals surface area contributed by atoms with Crippen LogP contribution >= 0.6 is 0 Å². The number of ether oxygens (including phenoxy) is 1. The first-order valence-corrected chi connectivity index (χ1v) is 8.87. The molecule has 1 aliphatic carbocycles. The van der Waals surface area contributed by atoms with Crippen molar-refractivity contribution in [3.63, 3.8) is 0 Å². The summed E-state index contributed by atoms with van der Waals surface area (Å²) in [6, 6.07) is 12.1. The van der Waals surface area contributed by atoms with Gasteiger partial charge in [-0.25, -0.2) is 4.39 Å². The van der Waals surface area contributed by atoms with Crippen LogP contribution in [0.2, 0.25) is 0 Å². The van der Waals surface area contributed by atoms with Crippen LogP contribution in [0.25, 0.3) is 0 Å². The van der Waals surface area contributed by atoms with Gasteiger partial charge in [-0.15, -0.1) is 0 Å². The molecule has 1 N–H and O–H groups in total. The van der Waals surface area contributed by atoms with Gasteiger partial charge in [0.05, 0.1) is 6.04 Å². The molecule has 0 fully saturated rings. The van der Waals surface area contributed by atoms with Crippen molar-refractivity contribution < 1.29 is 13.9 Å². The first-order chi connectivity index (χ1) is 12.0. The van der Waals surface area contributed by atoms with E-state index in [1.165, 1.54) is 48.2 Å². The number of aryl methyl sites for hydroxylation is 2. The molecule has 4 heteroatoms. The first-order valence-electron chi connectivity index (χ1n) is 8.87. The van der Waals surface area contributed by atoms with E-state index < -0.39 is 6.10 Å². The fraction of sp³-hybridized carbons (Fsp3) is 0.381. The fourth-order valence-corrected chi connectivity index (χ4v) is 3.21. The molecule has 2 atom stereocenters. The molecule has 0 aromatic heterocycles. The minimum absolute atomic E-state index is 0.0843. The molecule has 3 nitrogen and oxygen atoms in total. The fourth-order valence-electron chi connectivity index (χ4n) is 3.21. The lowest BCUT2D eigenvalue weighted by atomic mass is 9.89. The zero-order valence-corrected chi connectivity index (χ0v) is 14.7. The van der Waals surface area contributed by atoms with Crippen LogP contribution in [0.15, 0.2) is 42.5 Å². The van der Waals surface area contributed by atoms with Gasteiger partial charge in [-0.3, -0.25) is 4.79 Å². The molecule has 0 saturated carbocycles. The van der Waals surface area contributed by atoms with E-state index in [2.05, 4.69) is 23.5 Å². The highest BCUT2D eigenvalue weighted by atomic mass is 19.1. The number of benzene rings is 2. The highest BCUT2D eigenvalue weighted by Crippen LogP contribution is 2.25. The average molecular weight is 341 g/mol. The second-order valence-electron chi connectivity index (χ2n) is 6.68. The minimum Gasteiger partial charge on any atom is -0.481 e. The summed E-state index contributed by atoms with van der Waals surface area (Å²) < 4.78 is 18.5. The van der Waals surface area contributed by atoms with E-state index in [1.54, 1.807) is 6.92 Å². The number of nitrogens with one attached hydrogen (secondary N) is 1. The zero-order valence-electron chi connectivity index (χ0n) is 14.7. The Hall–Kier alpha value is -2.36. The van der Waals surface area contributed by atoms with Crippen molar-refractivity contribution in [2.24, 2.45) is 0 Å². The summed E-state index contributed by atoms with van der Waals surface area (Å²) in [5, 5.41) is 3.00. The van der Waals surface area contributed by atoms with Gasteiger partial charge < -0.3 is 10.1 Å². The van der Waals surface area contributed by atoms with Gasteiger partial charge in [0.2, 0.25) is 0 Å². The van der Waals surface area contributed by atoms with Gasteiger partial charge in [0.15, 0.2) is 6.10 Å². The summed E-state index contributed by atoms with van der Waals surface area (Å²) in [6.45, 7) is 3.67. The number of carbonyl (C=O) groups excluding carboxylic acids is 1. The normalized spacial score (nSPS) is 15.8. The maximum absolute atomic E-state index is 12.9. The number of hydrogen-bond acceptors (Lipinski definition) is 2. The number of carbonyl (C=O) groups is 1. The summed E-state index contributed by atoms with van der Waals surface area (Å²) >= 11 is 0. The molecule has 1 amide bonds. The van der Waals surface area contributed by atoms with E-state index in [0.29, 0.717) is 5.75 Å². The lowest BCUT2D eigenvalue weighted by molar-refractivity contribution is -0.127. The van der Waals surface area contributed by atoms with Crippen molar-refractivity contribution in [2.45, 2.75) is 51.7 Å². The molecule has 0 radical (unpaired) electrons. The lowest BCUT2D eigenvalue weighted by Crippen LogP contribution is -2.37. The van der Waals surface area contributed by atoms with Gasteiger partial charge in [0, 0.05) is 0 Å². The summed E-state index contributed by atoms with van der Waals surface area (Å²) in [5.74, 6) is -0.0366. The average Bonchev–Trinajstić information content (AvgIpc) is 2.63. The molecular weight excluding hydrogens is 317 g/mol. The maximum atomic E-state index is 12.9. The van der Waals surface area contributed by atoms with E-state index in [9.17, 15) is 9.18 Å². The second kappa shape index (κ2) is 7.68. The van der Waals surface area contributed by atoms with Gasteiger partial charge in [-0.2, -0.15) is 0 Å². The van der Waals surface area contributed by atoms with Crippen LogP contribution < -0.4 is 10.1 Å². The van der Waals surface area contributed by atoms with Crippen molar-refractivity contribution >= 4 is 5.91 Å². The molecule has 2 aromatic rings. The molecule has 0 bridgehead atoms. The number of amides is 1. The molecule has 3 rings (SSSR count). The van der Waals surface area contributed by atoms with Crippen molar-refractivity contribution in [1.82, 2.24) is 5.32 Å². The quantitative estimate of drug-likeness (QED) is 0.878. The molecule has 0 spiro atoms. The molecule has 2 aromatic carbocycles. The van der Waals surface area contributed by atoms with Crippen LogP contribution in [0.3, 0.4) is 0 Å². The lowest BCUT2D eigenvalue weighted by Gasteiger charge is -2.21. The Labute approximate surface area is 148 Å². The van der Waals surface area contributed by atoms with E-state index in [4.69, 9.17) is 4.74 Å². The van der Waals surface area contributed by atoms with Gasteiger partial charge >= 0.3 is 0 Å². The summed E-state index contributed by atoms with van der Waals surface area (Å²) in [5.41, 5.74) is 3.95. The largest absolute Gasteiger partial charge is 0.481 e. The van der Waals surface area contributed by atoms with Crippen LogP contribution in [-0.4, -0.2) is 12.0 Å². The Morgan fingerprint density at radius 3 is 2.44 bits per heavy atom. The monoisotopic (exact) mass is 341 g/mol. The van der Waals surface area contributed by atoms with Crippen molar-refractivity contribution in [3.05, 3.63) is 65.0 Å². The minimum atomic E-state index is -0.648. The van der Waals surface area contributed by atoms with Crippen molar-refractivity contribution in [2.75, 3.05) is 0 Å². The highest BCUT2D eigenvalue weighted by molar-refractivity contribution is 5.81. The third-order valence-electron chi connectivity index (χ3n) is 4.73. The molecule has 0 unspecified atom stereocenters. The maximum Gasteiger partial charge on any atom is 0.261 e. The van der Waals surface area contributed by atoms with Crippen LogP contribution in [0.1, 0.15) is 49.4 Å². The van der Waals surface area contributed by atoms with E-state index >= 15 is 0 Å². The van der Waals surface area contributed by atoms with E-state index in [0.717, 1.165) is 18.4 Å². The Bertz CT molecular complexity index is 742. The smallest absolute Gasteiger partial charge is 0.261 e. The van der Waals surface area contributed by atoms with Gasteiger partial charge in [-0.1, -0.05) is 18.2 Å². The van der Waals surface area contributed by atoms with Gasteiger partial charge in [0.1, 0.15) is 11.6 Å². The summed E-state index contributed by atoms with van der Waals surface area (Å²) in [4.78, 5) is 12.4.